The number of nitrogens with two attached hydrogens (primary N) is 1. The van der Waals surface area contributed by atoms with Crippen molar-refractivity contribution in [3.05, 3.63) is 58.4 Å². The average molecular weight is 300 g/mol. The Kier molecular flexibility index (Phi) is 4.94. The van der Waals surface area contributed by atoms with Crippen LogP contribution < -0.4 is 11.1 Å². The van der Waals surface area contributed by atoms with Gasteiger partial charge in [0.25, 0.3) is 5.91 Å². The monoisotopic (exact) mass is 299 g/mol. The van der Waals surface area contributed by atoms with Crippen LogP contribution in [0.4, 0.5) is 5.69 Å². The molecular formula is C16H14ClN3O. The highest BCUT2D eigenvalue weighted by Crippen LogP contribution is 2.23. The number of aromatic nitrogens is 1. The van der Waals surface area contributed by atoms with Gasteiger partial charge in [0.1, 0.15) is 0 Å². The molecule has 0 atom stereocenters. The number of benzene rings is 1. The molecule has 21 heavy (non-hydrogen) atoms. The van der Waals surface area contributed by atoms with E-state index >= 15 is 0 Å². The maximum Gasteiger partial charge on any atom is 0.257 e. The molecule has 2 aromatic rings. The topological polar surface area (TPSA) is 68.0 Å². The van der Waals surface area contributed by atoms with Crippen molar-refractivity contribution in [1.29, 1.82) is 0 Å². The lowest BCUT2D eigenvalue weighted by atomic mass is 10.2. The van der Waals surface area contributed by atoms with E-state index in [0.717, 1.165) is 5.56 Å². The molecule has 0 saturated carbocycles. The molecule has 0 fully saturated rings. The number of hydrogen-bond donors (Lipinski definition) is 2. The molecule has 1 heterocycles. The van der Waals surface area contributed by atoms with Crippen LogP contribution in [0.5, 0.6) is 0 Å². The average Bonchev–Trinajstić information content (AvgIpc) is 2.49. The fourth-order valence-corrected chi connectivity index (χ4v) is 1.88. The Hall–Kier alpha value is -2.35. The lowest BCUT2D eigenvalue weighted by molar-refractivity contribution is 0.102. The predicted octanol–water partition coefficient (Wildman–Crippen LogP) is 2.61. The van der Waals surface area contributed by atoms with Gasteiger partial charge in [-0.05, 0) is 30.7 Å². The van der Waals surface area contributed by atoms with Gasteiger partial charge in [-0.3, -0.25) is 9.78 Å². The molecule has 0 aliphatic rings. The molecule has 0 aliphatic carbocycles. The third-order valence-electron chi connectivity index (χ3n) is 2.71. The van der Waals surface area contributed by atoms with Gasteiger partial charge in [0, 0.05) is 18.0 Å². The van der Waals surface area contributed by atoms with Crippen molar-refractivity contribution < 1.29 is 4.79 Å². The number of carbonyl (C=O) groups excluding carboxylic acids is 1. The first kappa shape index (κ1) is 15.0. The number of carbonyl (C=O) groups is 1. The van der Waals surface area contributed by atoms with Gasteiger partial charge in [-0.25, -0.2) is 0 Å². The molecule has 0 bridgehead atoms. The number of pyridine rings is 1. The van der Waals surface area contributed by atoms with E-state index in [4.69, 9.17) is 17.3 Å². The zero-order valence-corrected chi connectivity index (χ0v) is 12.2. The molecule has 0 unspecified atom stereocenters. The Balaban J connectivity index is 2.22. The predicted molar refractivity (Wildman–Crippen MR) is 84.3 cm³/mol. The number of anilines is 1. The summed E-state index contributed by atoms with van der Waals surface area (Å²) in [4.78, 5) is 16.2. The van der Waals surface area contributed by atoms with Gasteiger partial charge in [0.05, 0.1) is 22.8 Å². The van der Waals surface area contributed by atoms with Crippen LogP contribution in [-0.4, -0.2) is 17.4 Å². The van der Waals surface area contributed by atoms with Crippen LogP contribution in [0.15, 0.2) is 36.7 Å². The fraction of sp³-hybridized carbons (Fsp3) is 0.125. The molecule has 0 radical (unpaired) electrons. The van der Waals surface area contributed by atoms with Crippen LogP contribution in [0.1, 0.15) is 21.5 Å². The van der Waals surface area contributed by atoms with Crippen molar-refractivity contribution in [3.8, 4) is 11.8 Å². The number of amides is 1. The van der Waals surface area contributed by atoms with Crippen molar-refractivity contribution in [2.45, 2.75) is 6.92 Å². The number of hydrogen-bond acceptors (Lipinski definition) is 3. The maximum atomic E-state index is 12.2. The third kappa shape index (κ3) is 4.06. The first-order valence-electron chi connectivity index (χ1n) is 6.31. The molecule has 1 amide bonds. The summed E-state index contributed by atoms with van der Waals surface area (Å²) >= 11 is 6.06. The summed E-state index contributed by atoms with van der Waals surface area (Å²) in [5.41, 5.74) is 7.95. The SMILES string of the molecule is Cc1ccc(Cl)c(NC(=O)c2cncc(C#CCN)c2)c1. The van der Waals surface area contributed by atoms with Gasteiger partial charge in [0.15, 0.2) is 0 Å². The molecule has 106 valence electrons. The molecule has 3 N–H and O–H groups in total. The van der Waals surface area contributed by atoms with Crippen molar-refractivity contribution in [3.63, 3.8) is 0 Å². The molecule has 0 saturated heterocycles. The van der Waals surface area contributed by atoms with E-state index in [0.29, 0.717) is 21.8 Å². The largest absolute Gasteiger partial charge is 0.321 e. The zero-order chi connectivity index (χ0) is 15.2. The second kappa shape index (κ2) is 6.89. The van der Waals surface area contributed by atoms with Crippen LogP contribution in [0.2, 0.25) is 5.02 Å². The second-order valence-electron chi connectivity index (χ2n) is 4.41. The highest BCUT2D eigenvalue weighted by molar-refractivity contribution is 6.33. The van der Waals surface area contributed by atoms with E-state index in [2.05, 4.69) is 22.1 Å². The number of aryl methyl sites for hydroxylation is 1. The normalized spacial score (nSPS) is 9.67. The Labute approximate surface area is 128 Å². The molecule has 2 rings (SSSR count). The summed E-state index contributed by atoms with van der Waals surface area (Å²) in [5, 5.41) is 3.25. The molecule has 1 aromatic carbocycles. The smallest absolute Gasteiger partial charge is 0.257 e. The summed E-state index contributed by atoms with van der Waals surface area (Å²) in [5.74, 6) is 5.28. The Morgan fingerprint density at radius 3 is 2.95 bits per heavy atom. The summed E-state index contributed by atoms with van der Waals surface area (Å²) in [7, 11) is 0. The van der Waals surface area contributed by atoms with Crippen LogP contribution >= 0.6 is 11.6 Å². The lowest BCUT2D eigenvalue weighted by Crippen LogP contribution is -2.13. The van der Waals surface area contributed by atoms with Crippen LogP contribution in [-0.2, 0) is 0 Å². The van der Waals surface area contributed by atoms with Gasteiger partial charge >= 0.3 is 0 Å². The fourth-order valence-electron chi connectivity index (χ4n) is 1.71. The van der Waals surface area contributed by atoms with E-state index in [1.807, 2.05) is 19.1 Å². The van der Waals surface area contributed by atoms with Gasteiger partial charge < -0.3 is 11.1 Å². The molecule has 1 aromatic heterocycles. The quantitative estimate of drug-likeness (QED) is 0.838. The van der Waals surface area contributed by atoms with Gasteiger partial charge in [-0.15, -0.1) is 0 Å². The Bertz CT molecular complexity index is 732. The minimum atomic E-state index is -0.286. The maximum absolute atomic E-state index is 12.2. The summed E-state index contributed by atoms with van der Waals surface area (Å²) in [6.45, 7) is 2.19. The van der Waals surface area contributed by atoms with Crippen LogP contribution in [0.3, 0.4) is 0 Å². The molecule has 0 spiro atoms. The van der Waals surface area contributed by atoms with Crippen molar-refractivity contribution in [1.82, 2.24) is 4.98 Å². The van der Waals surface area contributed by atoms with Crippen molar-refractivity contribution in [2.24, 2.45) is 5.73 Å². The highest BCUT2D eigenvalue weighted by atomic mass is 35.5. The number of rotatable bonds is 2. The summed E-state index contributed by atoms with van der Waals surface area (Å²) in [6.07, 6.45) is 3.06. The van der Waals surface area contributed by atoms with E-state index in [9.17, 15) is 4.79 Å². The van der Waals surface area contributed by atoms with Crippen LogP contribution in [0, 0.1) is 18.8 Å². The molecule has 0 aliphatic heterocycles. The van der Waals surface area contributed by atoms with Crippen LogP contribution in [0.25, 0.3) is 0 Å². The van der Waals surface area contributed by atoms with Gasteiger partial charge in [-0.1, -0.05) is 29.5 Å². The van der Waals surface area contributed by atoms with Gasteiger partial charge in [0.2, 0.25) is 0 Å². The van der Waals surface area contributed by atoms with Crippen molar-refractivity contribution >= 4 is 23.2 Å². The highest BCUT2D eigenvalue weighted by Gasteiger charge is 2.09. The Morgan fingerprint density at radius 1 is 1.38 bits per heavy atom. The molecule has 4 nitrogen and oxygen atoms in total. The van der Waals surface area contributed by atoms with E-state index < -0.39 is 0 Å². The standard InChI is InChI=1S/C16H14ClN3O/c1-11-4-5-14(17)15(7-11)20-16(21)13-8-12(3-2-6-18)9-19-10-13/h4-5,7-10H,6,18H2,1H3,(H,20,21). The molecular weight excluding hydrogens is 286 g/mol. The van der Waals surface area contributed by atoms with E-state index in [1.54, 1.807) is 18.3 Å². The number of nitrogens with one attached hydrogen (secondary N) is 1. The minimum Gasteiger partial charge on any atom is -0.321 e. The zero-order valence-electron chi connectivity index (χ0n) is 11.5. The van der Waals surface area contributed by atoms with E-state index in [-0.39, 0.29) is 12.5 Å². The lowest BCUT2D eigenvalue weighted by Gasteiger charge is -2.08. The summed E-state index contributed by atoms with van der Waals surface area (Å²) in [6, 6.07) is 7.09. The number of halogens is 1. The van der Waals surface area contributed by atoms with Crippen molar-refractivity contribution in [2.75, 3.05) is 11.9 Å². The van der Waals surface area contributed by atoms with Gasteiger partial charge in [-0.2, -0.15) is 0 Å². The molecule has 5 heteroatoms. The third-order valence-corrected chi connectivity index (χ3v) is 3.03. The summed E-state index contributed by atoms with van der Waals surface area (Å²) < 4.78 is 0. The first-order chi connectivity index (χ1) is 10.1. The minimum absolute atomic E-state index is 0.259. The van der Waals surface area contributed by atoms with E-state index in [1.165, 1.54) is 6.20 Å². The number of nitrogens with zero attached hydrogens (tertiary/aromatic N) is 1. The second-order valence-corrected chi connectivity index (χ2v) is 4.81. The first-order valence-corrected chi connectivity index (χ1v) is 6.69. The Morgan fingerprint density at radius 2 is 2.19 bits per heavy atom.